The molecule has 1 N–H and O–H groups in total. The number of hydrogen-bond donors (Lipinski definition) is 1. The Morgan fingerprint density at radius 3 is 3.25 bits per heavy atom. The standard InChI is InChI=1S/C7H9N3OS/c1-2-3-4-8-7(11)6-5-9-10-12-6/h2,5H,1,3-4H2,(H,8,11). The van der Waals surface area contributed by atoms with Crippen LogP contribution in [0.15, 0.2) is 18.9 Å². The average molecular weight is 183 g/mol. The Hall–Kier alpha value is -1.23. The van der Waals surface area contributed by atoms with Crippen molar-refractivity contribution in [3.05, 3.63) is 23.7 Å². The summed E-state index contributed by atoms with van der Waals surface area (Å²) in [5.74, 6) is -0.119. The van der Waals surface area contributed by atoms with E-state index in [2.05, 4.69) is 21.5 Å². The van der Waals surface area contributed by atoms with Gasteiger partial charge in [0.1, 0.15) is 4.88 Å². The van der Waals surface area contributed by atoms with Crippen molar-refractivity contribution >= 4 is 17.4 Å². The Morgan fingerprint density at radius 1 is 1.83 bits per heavy atom. The van der Waals surface area contributed by atoms with Crippen molar-refractivity contribution in [1.29, 1.82) is 0 Å². The molecule has 0 aliphatic heterocycles. The molecule has 1 aromatic rings. The molecular formula is C7H9N3OS. The Balaban J connectivity index is 2.34. The van der Waals surface area contributed by atoms with Crippen molar-refractivity contribution in [2.45, 2.75) is 6.42 Å². The fourth-order valence-corrected chi connectivity index (χ4v) is 1.07. The van der Waals surface area contributed by atoms with Crippen LogP contribution in [0.25, 0.3) is 0 Å². The van der Waals surface area contributed by atoms with Gasteiger partial charge < -0.3 is 5.32 Å². The van der Waals surface area contributed by atoms with Crippen LogP contribution in [0.4, 0.5) is 0 Å². The molecular weight excluding hydrogens is 174 g/mol. The number of nitrogens with one attached hydrogen (secondary N) is 1. The van der Waals surface area contributed by atoms with Crippen LogP contribution < -0.4 is 5.32 Å². The first kappa shape index (κ1) is 8.86. The van der Waals surface area contributed by atoms with Crippen LogP contribution in [0.2, 0.25) is 0 Å². The van der Waals surface area contributed by atoms with E-state index in [-0.39, 0.29) is 5.91 Å². The van der Waals surface area contributed by atoms with E-state index in [1.807, 2.05) is 0 Å². The highest BCUT2D eigenvalue weighted by molar-refractivity contribution is 7.07. The van der Waals surface area contributed by atoms with Crippen molar-refractivity contribution in [1.82, 2.24) is 14.9 Å². The van der Waals surface area contributed by atoms with Gasteiger partial charge in [0, 0.05) is 6.54 Å². The molecule has 12 heavy (non-hydrogen) atoms. The maximum atomic E-state index is 11.2. The molecule has 0 spiro atoms. The van der Waals surface area contributed by atoms with Crippen molar-refractivity contribution in [2.24, 2.45) is 0 Å². The second-order valence-electron chi connectivity index (χ2n) is 2.12. The van der Waals surface area contributed by atoms with E-state index in [9.17, 15) is 4.79 Å². The Labute approximate surface area is 74.5 Å². The smallest absolute Gasteiger partial charge is 0.264 e. The molecule has 0 aliphatic carbocycles. The number of carbonyl (C=O) groups excluding carboxylic acids is 1. The summed E-state index contributed by atoms with van der Waals surface area (Å²) in [6.45, 7) is 4.16. The number of amides is 1. The largest absolute Gasteiger partial charge is 0.351 e. The highest BCUT2D eigenvalue weighted by Crippen LogP contribution is 2.00. The summed E-state index contributed by atoms with van der Waals surface area (Å²) in [6.07, 6.45) is 3.98. The van der Waals surface area contributed by atoms with Crippen LogP contribution in [-0.4, -0.2) is 22.0 Å². The molecule has 4 nitrogen and oxygen atoms in total. The van der Waals surface area contributed by atoms with Gasteiger partial charge in [0.15, 0.2) is 0 Å². The molecule has 0 aliphatic rings. The number of carbonyl (C=O) groups is 1. The van der Waals surface area contributed by atoms with Crippen molar-refractivity contribution < 1.29 is 4.79 Å². The Bertz CT molecular complexity index is 258. The molecule has 5 heteroatoms. The second-order valence-corrected chi connectivity index (χ2v) is 2.90. The Morgan fingerprint density at radius 2 is 2.67 bits per heavy atom. The molecule has 64 valence electrons. The number of aromatic nitrogens is 2. The van der Waals surface area contributed by atoms with E-state index in [1.165, 1.54) is 6.20 Å². The van der Waals surface area contributed by atoms with Crippen molar-refractivity contribution in [3.63, 3.8) is 0 Å². The summed E-state index contributed by atoms with van der Waals surface area (Å²) in [7, 11) is 0. The minimum Gasteiger partial charge on any atom is -0.351 e. The fourth-order valence-electron chi connectivity index (χ4n) is 0.642. The predicted octanol–water partition coefficient (Wildman–Crippen LogP) is 0.844. The van der Waals surface area contributed by atoms with Gasteiger partial charge in [-0.15, -0.1) is 11.7 Å². The minimum absolute atomic E-state index is 0.119. The first-order chi connectivity index (χ1) is 5.84. The molecule has 0 radical (unpaired) electrons. The fraction of sp³-hybridized carbons (Fsp3) is 0.286. The zero-order valence-corrected chi connectivity index (χ0v) is 7.30. The van der Waals surface area contributed by atoms with Crippen molar-refractivity contribution in [2.75, 3.05) is 6.54 Å². The number of rotatable bonds is 4. The molecule has 0 aromatic carbocycles. The summed E-state index contributed by atoms with van der Waals surface area (Å²) in [5.41, 5.74) is 0. The number of nitrogens with zero attached hydrogens (tertiary/aromatic N) is 2. The predicted molar refractivity (Wildman–Crippen MR) is 47.1 cm³/mol. The van der Waals surface area contributed by atoms with Crippen LogP contribution in [0.3, 0.4) is 0 Å². The monoisotopic (exact) mass is 183 g/mol. The van der Waals surface area contributed by atoms with Gasteiger partial charge >= 0.3 is 0 Å². The SMILES string of the molecule is C=CCCNC(=O)c1cnns1. The highest BCUT2D eigenvalue weighted by atomic mass is 32.1. The summed E-state index contributed by atoms with van der Waals surface area (Å²) in [5, 5.41) is 6.27. The van der Waals surface area contributed by atoms with Gasteiger partial charge in [-0.2, -0.15) is 0 Å². The van der Waals surface area contributed by atoms with Crippen LogP contribution in [0.5, 0.6) is 0 Å². The zero-order chi connectivity index (χ0) is 8.81. The average Bonchev–Trinajstić information content (AvgIpc) is 2.56. The van der Waals surface area contributed by atoms with E-state index in [0.717, 1.165) is 18.0 Å². The summed E-state index contributed by atoms with van der Waals surface area (Å²) in [4.78, 5) is 11.7. The maximum Gasteiger partial charge on any atom is 0.264 e. The van der Waals surface area contributed by atoms with Gasteiger partial charge in [-0.25, -0.2) is 0 Å². The third-order valence-electron chi connectivity index (χ3n) is 1.22. The van der Waals surface area contributed by atoms with Crippen LogP contribution in [0, 0.1) is 0 Å². The lowest BCUT2D eigenvalue weighted by atomic mass is 10.4. The van der Waals surface area contributed by atoms with E-state index in [1.54, 1.807) is 6.08 Å². The molecule has 1 amide bonds. The van der Waals surface area contributed by atoms with E-state index in [4.69, 9.17) is 0 Å². The van der Waals surface area contributed by atoms with Crippen LogP contribution >= 0.6 is 11.5 Å². The topological polar surface area (TPSA) is 54.9 Å². The maximum absolute atomic E-state index is 11.2. The van der Waals surface area contributed by atoms with Gasteiger partial charge in [0.25, 0.3) is 5.91 Å². The third kappa shape index (κ3) is 2.43. The first-order valence-electron chi connectivity index (χ1n) is 3.51. The second kappa shape index (κ2) is 4.61. The van der Waals surface area contributed by atoms with E-state index < -0.39 is 0 Å². The lowest BCUT2D eigenvalue weighted by Crippen LogP contribution is -2.23. The molecule has 1 rings (SSSR count). The summed E-state index contributed by atoms with van der Waals surface area (Å²) >= 11 is 1.09. The molecule has 0 saturated heterocycles. The van der Waals surface area contributed by atoms with E-state index in [0.29, 0.717) is 11.4 Å². The molecule has 0 fully saturated rings. The van der Waals surface area contributed by atoms with E-state index >= 15 is 0 Å². The number of hydrogen-bond acceptors (Lipinski definition) is 4. The molecule has 0 saturated carbocycles. The van der Waals surface area contributed by atoms with Gasteiger partial charge in [0.2, 0.25) is 0 Å². The molecule has 1 heterocycles. The highest BCUT2D eigenvalue weighted by Gasteiger charge is 2.05. The normalized spacial score (nSPS) is 9.33. The summed E-state index contributed by atoms with van der Waals surface area (Å²) < 4.78 is 3.58. The quantitative estimate of drug-likeness (QED) is 0.556. The van der Waals surface area contributed by atoms with Crippen LogP contribution in [0.1, 0.15) is 16.1 Å². The summed E-state index contributed by atoms with van der Waals surface area (Å²) in [6, 6.07) is 0. The van der Waals surface area contributed by atoms with Gasteiger partial charge in [-0.1, -0.05) is 10.6 Å². The first-order valence-corrected chi connectivity index (χ1v) is 4.28. The molecule has 0 unspecified atom stereocenters. The lowest BCUT2D eigenvalue weighted by molar-refractivity contribution is 0.0958. The third-order valence-corrected chi connectivity index (χ3v) is 1.88. The van der Waals surface area contributed by atoms with Gasteiger partial charge in [-0.3, -0.25) is 4.79 Å². The van der Waals surface area contributed by atoms with Gasteiger partial charge in [-0.05, 0) is 18.0 Å². The molecule has 1 aromatic heterocycles. The molecule has 0 bridgehead atoms. The zero-order valence-electron chi connectivity index (χ0n) is 6.49. The van der Waals surface area contributed by atoms with Crippen molar-refractivity contribution in [3.8, 4) is 0 Å². The van der Waals surface area contributed by atoms with Gasteiger partial charge in [0.05, 0.1) is 6.20 Å². The Kier molecular flexibility index (Phi) is 3.40. The lowest BCUT2D eigenvalue weighted by Gasteiger charge is -1.98. The molecule has 0 atom stereocenters. The minimum atomic E-state index is -0.119. The van der Waals surface area contributed by atoms with Crippen LogP contribution in [-0.2, 0) is 0 Å².